The largest absolute Gasteiger partial charge is 0.379 e. The average Bonchev–Trinajstić information content (AvgIpc) is 2.60. The Kier molecular flexibility index (Phi) is 5.92. The summed E-state index contributed by atoms with van der Waals surface area (Å²) in [5.74, 6) is -1.19. The number of hydrogen-bond donors (Lipinski definition) is 2. The van der Waals surface area contributed by atoms with Gasteiger partial charge in [0.25, 0.3) is 5.91 Å². The fourth-order valence-electron chi connectivity index (χ4n) is 2.07. The summed E-state index contributed by atoms with van der Waals surface area (Å²) in [6, 6.07) is 5.71. The van der Waals surface area contributed by atoms with Crippen molar-refractivity contribution in [2.24, 2.45) is 5.92 Å². The second-order valence-electron chi connectivity index (χ2n) is 5.64. The summed E-state index contributed by atoms with van der Waals surface area (Å²) >= 11 is 0. The SMILES string of the molecule is CC(C)C(=O)NNC(=O)c1cccc(S(=O)(=O)N2CCOCC2)c1. The smallest absolute Gasteiger partial charge is 0.269 e. The first kappa shape index (κ1) is 18.4. The van der Waals surface area contributed by atoms with E-state index in [4.69, 9.17) is 4.74 Å². The van der Waals surface area contributed by atoms with Crippen LogP contribution in [0.2, 0.25) is 0 Å². The Morgan fingerprint density at radius 3 is 2.46 bits per heavy atom. The second kappa shape index (κ2) is 7.73. The molecule has 1 heterocycles. The summed E-state index contributed by atoms with van der Waals surface area (Å²) < 4.78 is 31.7. The van der Waals surface area contributed by atoms with Gasteiger partial charge in [-0.1, -0.05) is 19.9 Å². The number of nitrogens with one attached hydrogen (secondary N) is 2. The molecule has 1 aromatic carbocycles. The van der Waals surface area contributed by atoms with Crippen LogP contribution in [0.4, 0.5) is 0 Å². The standard InChI is InChI=1S/C15H21N3O5S/c1-11(2)14(19)16-17-15(20)12-4-3-5-13(10-12)24(21,22)18-6-8-23-9-7-18/h3-5,10-11H,6-9H2,1-2H3,(H,16,19)(H,17,20). The van der Waals surface area contributed by atoms with Crippen LogP contribution in [0.5, 0.6) is 0 Å². The summed E-state index contributed by atoms with van der Waals surface area (Å²) in [5.41, 5.74) is 4.71. The Bertz CT molecular complexity index is 712. The third-order valence-electron chi connectivity index (χ3n) is 3.53. The first-order valence-electron chi connectivity index (χ1n) is 7.60. The fraction of sp³-hybridized carbons (Fsp3) is 0.467. The molecule has 0 aliphatic carbocycles. The summed E-state index contributed by atoms with van der Waals surface area (Å²) in [4.78, 5) is 23.6. The Morgan fingerprint density at radius 2 is 1.83 bits per heavy atom. The molecule has 0 aromatic heterocycles. The highest BCUT2D eigenvalue weighted by atomic mass is 32.2. The number of amides is 2. The molecular formula is C15H21N3O5S. The van der Waals surface area contributed by atoms with E-state index < -0.39 is 15.9 Å². The van der Waals surface area contributed by atoms with E-state index in [-0.39, 0.29) is 35.4 Å². The van der Waals surface area contributed by atoms with Crippen molar-refractivity contribution >= 4 is 21.8 Å². The Balaban J connectivity index is 2.13. The van der Waals surface area contributed by atoms with Gasteiger partial charge in [0.1, 0.15) is 0 Å². The number of sulfonamides is 1. The predicted molar refractivity (Wildman–Crippen MR) is 86.5 cm³/mol. The van der Waals surface area contributed by atoms with E-state index in [2.05, 4.69) is 10.9 Å². The lowest BCUT2D eigenvalue weighted by atomic mass is 10.2. The third kappa shape index (κ3) is 4.31. The van der Waals surface area contributed by atoms with Gasteiger partial charge < -0.3 is 4.74 Å². The van der Waals surface area contributed by atoms with E-state index in [0.29, 0.717) is 13.2 Å². The van der Waals surface area contributed by atoms with Crippen molar-refractivity contribution in [1.82, 2.24) is 15.2 Å². The van der Waals surface area contributed by atoms with Gasteiger partial charge >= 0.3 is 0 Å². The van der Waals surface area contributed by atoms with Gasteiger partial charge in [0.05, 0.1) is 18.1 Å². The highest BCUT2D eigenvalue weighted by molar-refractivity contribution is 7.89. The highest BCUT2D eigenvalue weighted by Crippen LogP contribution is 2.18. The Hall–Kier alpha value is -1.97. The van der Waals surface area contributed by atoms with Crippen LogP contribution >= 0.6 is 0 Å². The zero-order valence-electron chi connectivity index (χ0n) is 13.6. The molecule has 1 aliphatic rings. The first-order valence-corrected chi connectivity index (χ1v) is 9.04. The van der Waals surface area contributed by atoms with Crippen molar-refractivity contribution in [2.75, 3.05) is 26.3 Å². The summed E-state index contributed by atoms with van der Waals surface area (Å²) in [7, 11) is -3.68. The number of nitrogens with zero attached hydrogens (tertiary/aromatic N) is 1. The summed E-state index contributed by atoms with van der Waals surface area (Å²) in [6.07, 6.45) is 0. The molecule has 9 heteroatoms. The predicted octanol–water partition coefficient (Wildman–Crippen LogP) is 0.125. The van der Waals surface area contributed by atoms with Gasteiger partial charge in [-0.05, 0) is 18.2 Å². The molecule has 8 nitrogen and oxygen atoms in total. The molecule has 2 amide bonds. The molecule has 0 radical (unpaired) electrons. The number of rotatable bonds is 4. The van der Waals surface area contributed by atoms with E-state index in [0.717, 1.165) is 0 Å². The molecule has 1 saturated heterocycles. The average molecular weight is 355 g/mol. The molecular weight excluding hydrogens is 334 g/mol. The number of ether oxygens (including phenoxy) is 1. The molecule has 132 valence electrons. The molecule has 1 aromatic rings. The molecule has 0 spiro atoms. The van der Waals surface area contributed by atoms with Gasteiger partial charge in [-0.3, -0.25) is 20.4 Å². The van der Waals surface area contributed by atoms with Crippen molar-refractivity contribution in [2.45, 2.75) is 18.7 Å². The number of carbonyl (C=O) groups is 2. The second-order valence-corrected chi connectivity index (χ2v) is 7.58. The molecule has 2 N–H and O–H groups in total. The van der Waals surface area contributed by atoms with E-state index in [1.807, 2.05) is 0 Å². The number of hydrogen-bond acceptors (Lipinski definition) is 5. The fourth-order valence-corrected chi connectivity index (χ4v) is 3.52. The van der Waals surface area contributed by atoms with E-state index in [1.54, 1.807) is 13.8 Å². The van der Waals surface area contributed by atoms with Gasteiger partial charge in [0.15, 0.2) is 0 Å². The lowest BCUT2D eigenvalue weighted by molar-refractivity contribution is -0.124. The molecule has 24 heavy (non-hydrogen) atoms. The van der Waals surface area contributed by atoms with Crippen molar-refractivity contribution in [1.29, 1.82) is 0 Å². The number of carbonyl (C=O) groups excluding carboxylic acids is 2. The maximum absolute atomic E-state index is 12.6. The molecule has 0 bridgehead atoms. The van der Waals surface area contributed by atoms with Gasteiger partial charge in [-0.2, -0.15) is 4.31 Å². The van der Waals surface area contributed by atoms with Crippen LogP contribution in [-0.4, -0.2) is 50.8 Å². The molecule has 0 unspecified atom stereocenters. The molecule has 1 fully saturated rings. The van der Waals surface area contributed by atoms with Gasteiger partial charge in [0, 0.05) is 24.6 Å². The highest BCUT2D eigenvalue weighted by Gasteiger charge is 2.26. The number of benzene rings is 1. The number of morpholine rings is 1. The van der Waals surface area contributed by atoms with Crippen molar-refractivity contribution in [3.05, 3.63) is 29.8 Å². The monoisotopic (exact) mass is 355 g/mol. The third-order valence-corrected chi connectivity index (χ3v) is 5.42. The van der Waals surface area contributed by atoms with Crippen LogP contribution in [0, 0.1) is 5.92 Å². The van der Waals surface area contributed by atoms with E-state index in [9.17, 15) is 18.0 Å². The summed E-state index contributed by atoms with van der Waals surface area (Å²) in [5, 5.41) is 0. The first-order chi connectivity index (χ1) is 11.3. The lowest BCUT2D eigenvalue weighted by Crippen LogP contribution is -2.43. The van der Waals surface area contributed by atoms with Crippen molar-refractivity contribution < 1.29 is 22.7 Å². The normalized spacial score (nSPS) is 16.0. The maximum atomic E-state index is 12.6. The Morgan fingerprint density at radius 1 is 1.17 bits per heavy atom. The van der Waals surface area contributed by atoms with Crippen molar-refractivity contribution in [3.8, 4) is 0 Å². The van der Waals surface area contributed by atoms with Gasteiger partial charge in [-0.15, -0.1) is 0 Å². The molecule has 2 rings (SSSR count). The maximum Gasteiger partial charge on any atom is 0.269 e. The molecule has 0 saturated carbocycles. The van der Waals surface area contributed by atoms with Gasteiger partial charge in [-0.25, -0.2) is 8.42 Å². The molecule has 1 aliphatic heterocycles. The minimum absolute atomic E-state index is 0.0345. The zero-order valence-corrected chi connectivity index (χ0v) is 14.4. The van der Waals surface area contributed by atoms with Gasteiger partial charge in [0.2, 0.25) is 15.9 Å². The minimum Gasteiger partial charge on any atom is -0.379 e. The van der Waals surface area contributed by atoms with E-state index >= 15 is 0 Å². The quantitative estimate of drug-likeness (QED) is 0.747. The van der Waals surface area contributed by atoms with Crippen LogP contribution in [0.3, 0.4) is 0 Å². The van der Waals surface area contributed by atoms with Crippen LogP contribution in [0.1, 0.15) is 24.2 Å². The van der Waals surface area contributed by atoms with Crippen LogP contribution < -0.4 is 10.9 Å². The Labute approximate surface area is 141 Å². The lowest BCUT2D eigenvalue weighted by Gasteiger charge is -2.26. The minimum atomic E-state index is -3.68. The topological polar surface area (TPSA) is 105 Å². The van der Waals surface area contributed by atoms with Crippen LogP contribution in [-0.2, 0) is 19.6 Å². The van der Waals surface area contributed by atoms with E-state index in [1.165, 1.54) is 28.6 Å². The summed E-state index contributed by atoms with van der Waals surface area (Å²) in [6.45, 7) is 4.64. The molecule has 0 atom stereocenters. The van der Waals surface area contributed by atoms with Crippen molar-refractivity contribution in [3.63, 3.8) is 0 Å². The zero-order chi connectivity index (χ0) is 17.7. The number of hydrazine groups is 1. The van der Waals surface area contributed by atoms with Crippen LogP contribution in [0.25, 0.3) is 0 Å². The van der Waals surface area contributed by atoms with Crippen LogP contribution in [0.15, 0.2) is 29.2 Å².